The van der Waals surface area contributed by atoms with Gasteiger partial charge in [0.15, 0.2) is 0 Å². The highest BCUT2D eigenvalue weighted by Gasteiger charge is 2.10. The van der Waals surface area contributed by atoms with Crippen LogP contribution >= 0.6 is 0 Å². The molecule has 0 spiro atoms. The Bertz CT molecular complexity index is 362. The quantitative estimate of drug-likeness (QED) is 0.745. The van der Waals surface area contributed by atoms with Crippen molar-refractivity contribution in [2.45, 2.75) is 13.8 Å². The largest absolute Gasteiger partial charge is 0.495 e. The highest BCUT2D eigenvalue weighted by Crippen LogP contribution is 2.26. The minimum absolute atomic E-state index is 0.0566. The molecule has 1 aromatic rings. The maximum atomic E-state index is 11.5. The number of carbonyl (C=O) groups is 1. The van der Waals surface area contributed by atoms with E-state index in [0.29, 0.717) is 17.1 Å². The van der Waals surface area contributed by atoms with Crippen molar-refractivity contribution in [1.82, 2.24) is 0 Å². The van der Waals surface area contributed by atoms with Gasteiger partial charge in [-0.25, -0.2) is 0 Å². The summed E-state index contributed by atoms with van der Waals surface area (Å²) < 4.78 is 5.11. The van der Waals surface area contributed by atoms with Crippen LogP contribution < -0.4 is 15.8 Å². The van der Waals surface area contributed by atoms with Gasteiger partial charge in [-0.15, -0.1) is 0 Å². The molecule has 82 valence electrons. The van der Waals surface area contributed by atoms with E-state index in [2.05, 4.69) is 5.32 Å². The number of carbonyl (C=O) groups excluding carboxylic acids is 1. The number of rotatable bonds is 3. The molecule has 0 aromatic heterocycles. The third-order valence-corrected chi connectivity index (χ3v) is 2.01. The van der Waals surface area contributed by atoms with Gasteiger partial charge in [0, 0.05) is 11.6 Å². The van der Waals surface area contributed by atoms with Gasteiger partial charge in [0.25, 0.3) is 0 Å². The summed E-state index contributed by atoms with van der Waals surface area (Å²) in [4.78, 5) is 11.5. The zero-order chi connectivity index (χ0) is 11.4. The summed E-state index contributed by atoms with van der Waals surface area (Å²) in [5, 5.41) is 2.76. The third kappa shape index (κ3) is 2.87. The normalized spacial score (nSPS) is 10.1. The number of nitrogens with two attached hydrogens (primary N) is 1. The van der Waals surface area contributed by atoms with Crippen LogP contribution in [-0.4, -0.2) is 13.0 Å². The molecule has 4 nitrogen and oxygen atoms in total. The molecule has 1 amide bonds. The molecular weight excluding hydrogens is 192 g/mol. The van der Waals surface area contributed by atoms with Crippen molar-refractivity contribution in [3.8, 4) is 5.75 Å². The molecule has 3 N–H and O–H groups in total. The van der Waals surface area contributed by atoms with Gasteiger partial charge in [-0.1, -0.05) is 13.8 Å². The van der Waals surface area contributed by atoms with E-state index in [1.165, 1.54) is 0 Å². The van der Waals surface area contributed by atoms with E-state index in [0.717, 1.165) is 0 Å². The van der Waals surface area contributed by atoms with Crippen molar-refractivity contribution < 1.29 is 9.53 Å². The first kappa shape index (κ1) is 11.4. The predicted molar refractivity (Wildman–Crippen MR) is 60.9 cm³/mol. The molecule has 0 saturated carbocycles. The van der Waals surface area contributed by atoms with Crippen molar-refractivity contribution in [3.63, 3.8) is 0 Å². The van der Waals surface area contributed by atoms with Crippen molar-refractivity contribution in [1.29, 1.82) is 0 Å². The number of hydrogen-bond donors (Lipinski definition) is 2. The zero-order valence-electron chi connectivity index (χ0n) is 9.20. The van der Waals surface area contributed by atoms with Gasteiger partial charge in [-0.2, -0.15) is 0 Å². The maximum absolute atomic E-state index is 11.5. The summed E-state index contributed by atoms with van der Waals surface area (Å²) in [6, 6.07) is 5.13. The fourth-order valence-electron chi connectivity index (χ4n) is 1.10. The molecule has 0 saturated heterocycles. The Morgan fingerprint density at radius 1 is 1.47 bits per heavy atom. The summed E-state index contributed by atoms with van der Waals surface area (Å²) in [5.41, 5.74) is 6.83. The van der Waals surface area contributed by atoms with E-state index in [1.807, 2.05) is 13.8 Å². The maximum Gasteiger partial charge on any atom is 0.227 e. The van der Waals surface area contributed by atoms with Crippen LogP contribution in [0.25, 0.3) is 0 Å². The smallest absolute Gasteiger partial charge is 0.227 e. The lowest BCUT2D eigenvalue weighted by atomic mass is 10.2. The number of hydrogen-bond acceptors (Lipinski definition) is 3. The average Bonchev–Trinajstić information content (AvgIpc) is 2.18. The van der Waals surface area contributed by atoms with Gasteiger partial charge < -0.3 is 15.8 Å². The van der Waals surface area contributed by atoms with E-state index in [-0.39, 0.29) is 11.8 Å². The van der Waals surface area contributed by atoms with Gasteiger partial charge in [0.1, 0.15) is 5.75 Å². The number of benzene rings is 1. The minimum atomic E-state index is -0.0730. The van der Waals surface area contributed by atoms with Gasteiger partial charge in [-0.05, 0) is 18.2 Å². The molecule has 4 heteroatoms. The molecule has 0 bridgehead atoms. The number of methoxy groups -OCH3 is 1. The molecule has 1 rings (SSSR count). The average molecular weight is 208 g/mol. The van der Waals surface area contributed by atoms with Crippen molar-refractivity contribution >= 4 is 17.3 Å². The molecule has 0 unspecified atom stereocenters. The second kappa shape index (κ2) is 4.68. The highest BCUT2D eigenvalue weighted by atomic mass is 16.5. The zero-order valence-corrected chi connectivity index (χ0v) is 9.20. The van der Waals surface area contributed by atoms with E-state index in [4.69, 9.17) is 10.5 Å². The fourth-order valence-corrected chi connectivity index (χ4v) is 1.10. The van der Waals surface area contributed by atoms with E-state index in [9.17, 15) is 4.79 Å². The molecule has 0 fully saturated rings. The number of anilines is 2. The van der Waals surface area contributed by atoms with Gasteiger partial charge in [-0.3, -0.25) is 4.79 Å². The number of nitrogen functional groups attached to an aromatic ring is 1. The Labute approximate surface area is 89.4 Å². The summed E-state index contributed by atoms with van der Waals surface area (Å²) >= 11 is 0. The Balaban J connectivity index is 2.92. The molecule has 0 heterocycles. The third-order valence-electron chi connectivity index (χ3n) is 2.01. The Morgan fingerprint density at radius 3 is 2.67 bits per heavy atom. The number of amides is 1. The summed E-state index contributed by atoms with van der Waals surface area (Å²) in [5.74, 6) is 0.480. The van der Waals surface area contributed by atoms with Crippen LogP contribution in [0.5, 0.6) is 5.75 Å². The van der Waals surface area contributed by atoms with Gasteiger partial charge >= 0.3 is 0 Å². The van der Waals surface area contributed by atoms with Crippen LogP contribution in [0.4, 0.5) is 11.4 Å². The lowest BCUT2D eigenvalue weighted by Gasteiger charge is -2.12. The number of ether oxygens (including phenoxy) is 1. The molecule has 0 aliphatic carbocycles. The molecule has 0 atom stereocenters. The van der Waals surface area contributed by atoms with Gasteiger partial charge in [0.05, 0.1) is 12.8 Å². The first-order chi connectivity index (χ1) is 7.04. The lowest BCUT2D eigenvalue weighted by molar-refractivity contribution is -0.118. The molecule has 0 radical (unpaired) electrons. The molecule has 15 heavy (non-hydrogen) atoms. The van der Waals surface area contributed by atoms with Crippen molar-refractivity contribution in [3.05, 3.63) is 18.2 Å². The summed E-state index contributed by atoms with van der Waals surface area (Å²) in [6.45, 7) is 3.65. The monoisotopic (exact) mass is 208 g/mol. The number of nitrogens with one attached hydrogen (secondary N) is 1. The fraction of sp³-hybridized carbons (Fsp3) is 0.364. The first-order valence-electron chi connectivity index (χ1n) is 4.79. The molecule has 1 aromatic carbocycles. The topological polar surface area (TPSA) is 64.3 Å². The van der Waals surface area contributed by atoms with E-state index < -0.39 is 0 Å². The Morgan fingerprint density at radius 2 is 2.13 bits per heavy atom. The van der Waals surface area contributed by atoms with Crippen molar-refractivity contribution in [2.75, 3.05) is 18.2 Å². The molecule has 0 aliphatic rings. The summed E-state index contributed by atoms with van der Waals surface area (Å²) in [6.07, 6.45) is 0. The first-order valence-corrected chi connectivity index (χ1v) is 4.79. The van der Waals surface area contributed by atoms with Gasteiger partial charge in [0.2, 0.25) is 5.91 Å². The SMILES string of the molecule is COc1ccc(N)cc1NC(=O)C(C)C. The van der Waals surface area contributed by atoms with Crippen LogP contribution in [-0.2, 0) is 4.79 Å². The minimum Gasteiger partial charge on any atom is -0.495 e. The molecule has 0 aliphatic heterocycles. The van der Waals surface area contributed by atoms with Crippen molar-refractivity contribution in [2.24, 2.45) is 5.92 Å². The lowest BCUT2D eigenvalue weighted by Crippen LogP contribution is -2.18. The second-order valence-corrected chi connectivity index (χ2v) is 3.60. The van der Waals surface area contributed by atoms with Crippen LogP contribution in [0, 0.1) is 5.92 Å². The van der Waals surface area contributed by atoms with Crippen LogP contribution in [0.3, 0.4) is 0 Å². The summed E-state index contributed by atoms with van der Waals surface area (Å²) in [7, 11) is 1.55. The standard InChI is InChI=1S/C11H16N2O2/c1-7(2)11(14)13-9-6-8(12)4-5-10(9)15-3/h4-7H,12H2,1-3H3,(H,13,14). The Hall–Kier alpha value is -1.71. The predicted octanol–water partition coefficient (Wildman–Crippen LogP) is 1.87. The molecular formula is C11H16N2O2. The van der Waals surface area contributed by atoms with Crippen LogP contribution in [0.1, 0.15) is 13.8 Å². The van der Waals surface area contributed by atoms with Crippen LogP contribution in [0.2, 0.25) is 0 Å². The Kier molecular flexibility index (Phi) is 3.55. The van der Waals surface area contributed by atoms with E-state index >= 15 is 0 Å². The van der Waals surface area contributed by atoms with E-state index in [1.54, 1.807) is 25.3 Å². The second-order valence-electron chi connectivity index (χ2n) is 3.60. The van der Waals surface area contributed by atoms with Crippen LogP contribution in [0.15, 0.2) is 18.2 Å². The highest BCUT2D eigenvalue weighted by molar-refractivity contribution is 5.94.